The molecule has 0 amide bonds. The Hall–Kier alpha value is -2.24. The second-order valence-electron chi connectivity index (χ2n) is 5.08. The molecular weight excluding hydrogens is 300 g/mol. The fourth-order valence-corrected chi connectivity index (χ4v) is 2.06. The fraction of sp³-hybridized carbons (Fsp3) is 0.529. The van der Waals surface area contributed by atoms with E-state index in [9.17, 15) is 9.90 Å². The lowest BCUT2D eigenvalue weighted by atomic mass is 10.0. The molecule has 0 aliphatic heterocycles. The zero-order valence-corrected chi connectivity index (χ0v) is 14.0. The van der Waals surface area contributed by atoms with E-state index < -0.39 is 6.16 Å². The summed E-state index contributed by atoms with van der Waals surface area (Å²) in [6.45, 7) is 6.31. The third kappa shape index (κ3) is 8.09. The van der Waals surface area contributed by atoms with Crippen molar-refractivity contribution >= 4 is 11.9 Å². The van der Waals surface area contributed by atoms with Gasteiger partial charge in [-0.05, 0) is 31.9 Å². The first-order chi connectivity index (χ1) is 10.8. The largest absolute Gasteiger partial charge is 0.507 e. The minimum Gasteiger partial charge on any atom is -0.507 e. The van der Waals surface area contributed by atoms with E-state index in [1.807, 2.05) is 6.92 Å². The van der Waals surface area contributed by atoms with Gasteiger partial charge in [-0.15, -0.1) is 0 Å². The Balaban J connectivity index is 0.00000108. The van der Waals surface area contributed by atoms with Gasteiger partial charge in [-0.1, -0.05) is 33.1 Å². The van der Waals surface area contributed by atoms with E-state index in [-0.39, 0.29) is 11.5 Å². The van der Waals surface area contributed by atoms with Crippen molar-refractivity contribution < 1.29 is 29.6 Å². The van der Waals surface area contributed by atoms with Gasteiger partial charge in [0.2, 0.25) is 0 Å². The first-order valence-electron chi connectivity index (χ1n) is 7.75. The summed E-state index contributed by atoms with van der Waals surface area (Å²) in [6.07, 6.45) is 3.09. The monoisotopic (exact) mass is 326 g/mol. The maximum Gasteiger partial charge on any atom is 0.503 e. The molecule has 3 N–H and O–H groups in total. The molecule has 0 aliphatic rings. The van der Waals surface area contributed by atoms with Crippen molar-refractivity contribution in [3.05, 3.63) is 23.3 Å². The molecule has 0 spiro atoms. The van der Waals surface area contributed by atoms with Crippen LogP contribution in [0, 0.1) is 0 Å². The van der Waals surface area contributed by atoms with Gasteiger partial charge in [0.1, 0.15) is 11.5 Å². The van der Waals surface area contributed by atoms with Gasteiger partial charge in [-0.3, -0.25) is 4.79 Å². The van der Waals surface area contributed by atoms with Gasteiger partial charge < -0.3 is 20.1 Å². The highest BCUT2D eigenvalue weighted by atomic mass is 16.6. The van der Waals surface area contributed by atoms with Crippen molar-refractivity contribution in [2.45, 2.75) is 52.9 Å². The Morgan fingerprint density at radius 1 is 1.09 bits per heavy atom. The first kappa shape index (κ1) is 20.8. The highest BCUT2D eigenvalue weighted by Crippen LogP contribution is 2.33. The van der Waals surface area contributed by atoms with Crippen molar-refractivity contribution in [1.82, 2.24) is 0 Å². The number of carbonyl (C=O) groups is 2. The summed E-state index contributed by atoms with van der Waals surface area (Å²) in [5.74, 6) is 0.676. The molecule has 6 nitrogen and oxygen atoms in total. The summed E-state index contributed by atoms with van der Waals surface area (Å²) in [5.41, 5.74) is 1.14. The average molecular weight is 326 g/mol. The van der Waals surface area contributed by atoms with Gasteiger partial charge in [0.15, 0.2) is 5.78 Å². The number of aromatic hydroxyl groups is 1. The SMILES string of the molecule is CCCCCOc1ccc(C(C)=O)c(O)c1CCC.O=C(O)O. The fourth-order valence-electron chi connectivity index (χ4n) is 2.06. The van der Waals surface area contributed by atoms with Gasteiger partial charge in [0.25, 0.3) is 0 Å². The van der Waals surface area contributed by atoms with E-state index >= 15 is 0 Å². The highest BCUT2D eigenvalue weighted by molar-refractivity contribution is 5.97. The lowest BCUT2D eigenvalue weighted by Gasteiger charge is -2.14. The van der Waals surface area contributed by atoms with Crippen LogP contribution in [0.15, 0.2) is 12.1 Å². The van der Waals surface area contributed by atoms with E-state index in [4.69, 9.17) is 19.7 Å². The predicted molar refractivity (Wildman–Crippen MR) is 87.8 cm³/mol. The second kappa shape index (κ2) is 11.3. The standard InChI is InChI=1S/C16H24O3.CH2O3/c1-4-6-7-11-19-15-10-9-13(12(3)17)16(18)14(15)8-5-2;2-1(3)4/h9-10,18H,4-8,11H2,1-3H3;(H2,2,3,4). The first-order valence-corrected chi connectivity index (χ1v) is 7.75. The van der Waals surface area contributed by atoms with Gasteiger partial charge in [-0.2, -0.15) is 0 Å². The molecule has 0 bridgehead atoms. The Kier molecular flexibility index (Phi) is 10.2. The summed E-state index contributed by atoms with van der Waals surface area (Å²) in [7, 11) is 0. The maximum atomic E-state index is 11.4. The highest BCUT2D eigenvalue weighted by Gasteiger charge is 2.15. The number of carboxylic acid groups (broad SMARTS) is 2. The van der Waals surface area contributed by atoms with Gasteiger partial charge >= 0.3 is 6.16 Å². The van der Waals surface area contributed by atoms with E-state index in [0.29, 0.717) is 17.9 Å². The third-order valence-corrected chi connectivity index (χ3v) is 3.12. The number of Topliss-reactive ketones (excluding diaryl/α,β-unsaturated/α-hetero) is 1. The number of hydrogen-bond donors (Lipinski definition) is 3. The molecule has 0 saturated carbocycles. The molecule has 0 aliphatic carbocycles. The summed E-state index contributed by atoms with van der Waals surface area (Å²) in [4.78, 5) is 20.0. The minimum atomic E-state index is -1.83. The number of ketones is 1. The van der Waals surface area contributed by atoms with Crippen LogP contribution in [0.5, 0.6) is 11.5 Å². The third-order valence-electron chi connectivity index (χ3n) is 3.12. The van der Waals surface area contributed by atoms with Crippen LogP contribution in [0.4, 0.5) is 4.79 Å². The summed E-state index contributed by atoms with van der Waals surface area (Å²) >= 11 is 0. The van der Waals surface area contributed by atoms with Gasteiger partial charge in [0.05, 0.1) is 12.2 Å². The van der Waals surface area contributed by atoms with E-state index in [1.54, 1.807) is 12.1 Å². The molecule has 0 heterocycles. The average Bonchev–Trinajstić information content (AvgIpc) is 2.46. The number of unbranched alkanes of at least 4 members (excludes halogenated alkanes) is 2. The molecule has 23 heavy (non-hydrogen) atoms. The van der Waals surface area contributed by atoms with E-state index in [0.717, 1.165) is 37.7 Å². The Morgan fingerprint density at radius 2 is 1.70 bits per heavy atom. The van der Waals surface area contributed by atoms with Crippen LogP contribution in [-0.2, 0) is 6.42 Å². The molecule has 0 atom stereocenters. The van der Waals surface area contributed by atoms with Crippen molar-refractivity contribution in [1.29, 1.82) is 0 Å². The van der Waals surface area contributed by atoms with Crippen LogP contribution in [-0.4, -0.2) is 33.9 Å². The molecule has 0 unspecified atom stereocenters. The zero-order chi connectivity index (χ0) is 17.8. The van der Waals surface area contributed by atoms with Crippen LogP contribution in [0.3, 0.4) is 0 Å². The Morgan fingerprint density at radius 3 is 2.17 bits per heavy atom. The topological polar surface area (TPSA) is 104 Å². The number of ether oxygens (including phenoxy) is 1. The molecule has 0 aromatic heterocycles. The number of phenols is 1. The predicted octanol–water partition coefficient (Wildman–Crippen LogP) is 4.34. The Labute approximate surface area is 136 Å². The number of carbonyl (C=O) groups excluding carboxylic acids is 1. The van der Waals surface area contributed by atoms with Crippen LogP contribution in [0.1, 0.15) is 62.4 Å². The van der Waals surface area contributed by atoms with Gasteiger partial charge in [0, 0.05) is 5.56 Å². The van der Waals surface area contributed by atoms with Crippen LogP contribution >= 0.6 is 0 Å². The molecule has 1 aromatic carbocycles. The van der Waals surface area contributed by atoms with Crippen LogP contribution in [0.25, 0.3) is 0 Å². The summed E-state index contributed by atoms with van der Waals surface area (Å²) in [6, 6.07) is 3.44. The molecule has 130 valence electrons. The molecule has 0 fully saturated rings. The number of benzene rings is 1. The zero-order valence-electron chi connectivity index (χ0n) is 14.0. The lowest BCUT2D eigenvalue weighted by Crippen LogP contribution is -2.03. The second-order valence-corrected chi connectivity index (χ2v) is 5.08. The molecular formula is C17H26O6. The van der Waals surface area contributed by atoms with Crippen molar-refractivity contribution in [2.75, 3.05) is 6.61 Å². The minimum absolute atomic E-state index is 0.0855. The lowest BCUT2D eigenvalue weighted by molar-refractivity contribution is 0.101. The van der Waals surface area contributed by atoms with E-state index in [1.165, 1.54) is 6.92 Å². The van der Waals surface area contributed by atoms with Crippen molar-refractivity contribution in [3.63, 3.8) is 0 Å². The maximum absolute atomic E-state index is 11.4. The normalized spacial score (nSPS) is 9.70. The molecule has 6 heteroatoms. The molecule has 1 aromatic rings. The van der Waals surface area contributed by atoms with Crippen LogP contribution in [0.2, 0.25) is 0 Å². The Bertz CT molecular complexity index is 506. The van der Waals surface area contributed by atoms with E-state index in [2.05, 4.69) is 6.92 Å². The van der Waals surface area contributed by atoms with Gasteiger partial charge in [-0.25, -0.2) is 4.79 Å². The van der Waals surface area contributed by atoms with Crippen molar-refractivity contribution in [2.24, 2.45) is 0 Å². The number of rotatable bonds is 8. The quantitative estimate of drug-likeness (QED) is 0.485. The molecule has 1 rings (SSSR count). The number of phenolic OH excluding ortho intramolecular Hbond substituents is 1. The summed E-state index contributed by atoms with van der Waals surface area (Å²) in [5, 5.41) is 24.1. The summed E-state index contributed by atoms with van der Waals surface area (Å²) < 4.78 is 5.74. The van der Waals surface area contributed by atoms with Crippen molar-refractivity contribution in [3.8, 4) is 11.5 Å². The van der Waals surface area contributed by atoms with Crippen LogP contribution < -0.4 is 4.74 Å². The smallest absolute Gasteiger partial charge is 0.503 e. The number of hydrogen-bond acceptors (Lipinski definition) is 4. The molecule has 0 radical (unpaired) electrons. The molecule has 0 saturated heterocycles.